The first kappa shape index (κ1) is 15.2. The van der Waals surface area contributed by atoms with Crippen LogP contribution < -0.4 is 5.32 Å². The molecular formula is C17H15N3O3S. The van der Waals surface area contributed by atoms with E-state index in [1.54, 1.807) is 12.4 Å². The van der Waals surface area contributed by atoms with Crippen molar-refractivity contribution >= 4 is 33.1 Å². The average molecular weight is 341 g/mol. The molecule has 1 fully saturated rings. The second kappa shape index (κ2) is 6.64. The highest BCUT2D eigenvalue weighted by Crippen LogP contribution is 2.31. The number of fused-ring (bicyclic) bond motifs is 1. The van der Waals surface area contributed by atoms with Crippen molar-refractivity contribution < 1.29 is 14.3 Å². The number of hydrogen-bond donors (Lipinski definition) is 1. The van der Waals surface area contributed by atoms with Gasteiger partial charge < -0.3 is 9.47 Å². The van der Waals surface area contributed by atoms with Gasteiger partial charge in [0.25, 0.3) is 5.91 Å². The van der Waals surface area contributed by atoms with E-state index < -0.39 is 6.10 Å². The molecule has 2 aromatic heterocycles. The van der Waals surface area contributed by atoms with Gasteiger partial charge in [-0.25, -0.2) is 4.98 Å². The van der Waals surface area contributed by atoms with Gasteiger partial charge in [-0.05, 0) is 23.1 Å². The number of hydrogen-bond acceptors (Lipinski definition) is 6. The number of nitrogens with one attached hydrogen (secondary N) is 1. The summed E-state index contributed by atoms with van der Waals surface area (Å²) in [4.78, 5) is 21.5. The van der Waals surface area contributed by atoms with Crippen LogP contribution >= 0.6 is 11.3 Å². The Morgan fingerprint density at radius 3 is 3.04 bits per heavy atom. The molecule has 6 nitrogen and oxygen atoms in total. The number of aromatic nitrogens is 2. The van der Waals surface area contributed by atoms with E-state index in [2.05, 4.69) is 21.4 Å². The van der Waals surface area contributed by atoms with Crippen molar-refractivity contribution in [2.75, 3.05) is 25.1 Å². The Kier molecular flexibility index (Phi) is 4.20. The zero-order valence-electron chi connectivity index (χ0n) is 12.8. The fourth-order valence-electron chi connectivity index (χ4n) is 2.53. The summed E-state index contributed by atoms with van der Waals surface area (Å²) in [6.07, 6.45) is 4.81. The minimum Gasteiger partial charge on any atom is -0.376 e. The number of carbonyl (C=O) groups excluding carboxylic acids is 1. The average Bonchev–Trinajstić information content (AvgIpc) is 3.10. The van der Waals surface area contributed by atoms with E-state index in [1.807, 2.05) is 24.4 Å². The molecule has 1 atom stereocenters. The number of benzene rings is 1. The van der Waals surface area contributed by atoms with Crippen LogP contribution in [0, 0.1) is 0 Å². The Bertz CT molecular complexity index is 874. The first-order chi connectivity index (χ1) is 11.8. The number of thiazole rings is 1. The molecule has 1 aliphatic heterocycles. The van der Waals surface area contributed by atoms with Crippen molar-refractivity contribution in [3.63, 3.8) is 0 Å². The molecule has 3 aromatic rings. The van der Waals surface area contributed by atoms with E-state index >= 15 is 0 Å². The van der Waals surface area contributed by atoms with Gasteiger partial charge in [-0.3, -0.25) is 15.1 Å². The lowest BCUT2D eigenvalue weighted by Gasteiger charge is -2.21. The van der Waals surface area contributed by atoms with E-state index in [1.165, 1.54) is 11.3 Å². The van der Waals surface area contributed by atoms with Crippen molar-refractivity contribution in [2.24, 2.45) is 0 Å². The normalized spacial score (nSPS) is 17.8. The Hall–Kier alpha value is -2.35. The molecule has 122 valence electrons. The van der Waals surface area contributed by atoms with E-state index in [0.29, 0.717) is 18.3 Å². The fourth-order valence-corrected chi connectivity index (χ4v) is 3.34. The van der Waals surface area contributed by atoms with Crippen molar-refractivity contribution in [1.29, 1.82) is 0 Å². The van der Waals surface area contributed by atoms with Gasteiger partial charge in [0.2, 0.25) is 0 Å². The molecule has 24 heavy (non-hydrogen) atoms. The SMILES string of the molecule is O=C(Nc1ncc(-c2ccc3cnccc3c2)s1)C1COCCO1. The first-order valence-electron chi connectivity index (χ1n) is 7.60. The molecule has 1 amide bonds. The lowest BCUT2D eigenvalue weighted by Crippen LogP contribution is -2.39. The van der Waals surface area contributed by atoms with Crippen LogP contribution in [0.4, 0.5) is 5.13 Å². The summed E-state index contributed by atoms with van der Waals surface area (Å²) in [6, 6.07) is 8.13. The third-order valence-corrected chi connectivity index (χ3v) is 4.73. The second-order valence-corrected chi connectivity index (χ2v) is 6.42. The van der Waals surface area contributed by atoms with E-state index in [4.69, 9.17) is 9.47 Å². The number of amides is 1. The quantitative estimate of drug-likeness (QED) is 0.793. The maximum absolute atomic E-state index is 12.1. The summed E-state index contributed by atoms with van der Waals surface area (Å²) in [6.45, 7) is 1.25. The smallest absolute Gasteiger partial charge is 0.257 e. The zero-order valence-corrected chi connectivity index (χ0v) is 13.6. The van der Waals surface area contributed by atoms with Gasteiger partial charge in [-0.2, -0.15) is 0 Å². The number of rotatable bonds is 3. The maximum Gasteiger partial charge on any atom is 0.257 e. The van der Waals surface area contributed by atoms with E-state index in [0.717, 1.165) is 21.2 Å². The zero-order chi connectivity index (χ0) is 16.4. The number of pyridine rings is 1. The van der Waals surface area contributed by atoms with Crippen LogP contribution in [0.2, 0.25) is 0 Å². The van der Waals surface area contributed by atoms with Crippen LogP contribution in [-0.2, 0) is 14.3 Å². The van der Waals surface area contributed by atoms with Crippen LogP contribution in [-0.4, -0.2) is 41.8 Å². The molecular weight excluding hydrogens is 326 g/mol. The third kappa shape index (κ3) is 3.14. The Labute approximate surface area is 142 Å². The topological polar surface area (TPSA) is 73.3 Å². The lowest BCUT2D eigenvalue weighted by molar-refractivity contribution is -0.142. The van der Waals surface area contributed by atoms with E-state index in [9.17, 15) is 4.79 Å². The number of anilines is 1. The molecule has 1 unspecified atom stereocenters. The Morgan fingerprint density at radius 2 is 2.17 bits per heavy atom. The molecule has 4 rings (SSSR count). The van der Waals surface area contributed by atoms with Gasteiger partial charge in [0.1, 0.15) is 0 Å². The highest BCUT2D eigenvalue weighted by molar-refractivity contribution is 7.19. The summed E-state index contributed by atoms with van der Waals surface area (Å²) in [5, 5.41) is 5.56. The van der Waals surface area contributed by atoms with Crippen LogP contribution in [0.5, 0.6) is 0 Å². The largest absolute Gasteiger partial charge is 0.376 e. The summed E-state index contributed by atoms with van der Waals surface area (Å²) < 4.78 is 10.6. The number of carbonyl (C=O) groups is 1. The van der Waals surface area contributed by atoms with Crippen LogP contribution in [0.15, 0.2) is 42.9 Å². The van der Waals surface area contributed by atoms with Crippen LogP contribution in [0.1, 0.15) is 0 Å². The Balaban J connectivity index is 1.52. The molecule has 0 saturated carbocycles. The first-order valence-corrected chi connectivity index (χ1v) is 8.41. The maximum atomic E-state index is 12.1. The van der Waals surface area contributed by atoms with Gasteiger partial charge in [0, 0.05) is 24.0 Å². The number of nitrogens with zero attached hydrogens (tertiary/aromatic N) is 2. The fraction of sp³-hybridized carbons (Fsp3) is 0.235. The van der Waals surface area contributed by atoms with Crippen molar-refractivity contribution in [3.8, 4) is 10.4 Å². The molecule has 0 bridgehead atoms. The highest BCUT2D eigenvalue weighted by atomic mass is 32.1. The van der Waals surface area contributed by atoms with Crippen LogP contribution in [0.25, 0.3) is 21.2 Å². The van der Waals surface area contributed by atoms with Gasteiger partial charge in [0.05, 0.1) is 24.7 Å². The van der Waals surface area contributed by atoms with Crippen molar-refractivity contribution in [2.45, 2.75) is 6.10 Å². The van der Waals surface area contributed by atoms with Gasteiger partial charge in [0.15, 0.2) is 11.2 Å². The van der Waals surface area contributed by atoms with Gasteiger partial charge >= 0.3 is 0 Å². The summed E-state index contributed by atoms with van der Waals surface area (Å²) in [5.74, 6) is -0.222. The predicted molar refractivity (Wildman–Crippen MR) is 92.0 cm³/mol. The molecule has 3 heterocycles. The minimum absolute atomic E-state index is 0.222. The summed E-state index contributed by atoms with van der Waals surface area (Å²) >= 11 is 1.43. The second-order valence-electron chi connectivity index (χ2n) is 5.39. The van der Waals surface area contributed by atoms with Gasteiger partial charge in [-0.1, -0.05) is 23.5 Å². The molecule has 7 heteroatoms. The molecule has 1 N–H and O–H groups in total. The number of ether oxygens (including phenoxy) is 2. The molecule has 0 aliphatic carbocycles. The third-order valence-electron chi connectivity index (χ3n) is 3.77. The molecule has 1 saturated heterocycles. The standard InChI is InChI=1S/C17H15N3O3S/c21-16(14-10-22-5-6-23-14)20-17-19-9-15(24-17)12-1-2-13-8-18-4-3-11(13)7-12/h1-4,7-9,14H,5-6,10H2,(H,19,20,21). The monoisotopic (exact) mass is 341 g/mol. The van der Waals surface area contributed by atoms with Crippen LogP contribution in [0.3, 0.4) is 0 Å². The molecule has 1 aromatic carbocycles. The summed E-state index contributed by atoms with van der Waals surface area (Å²) in [7, 11) is 0. The lowest BCUT2D eigenvalue weighted by atomic mass is 10.1. The van der Waals surface area contributed by atoms with Crippen molar-refractivity contribution in [1.82, 2.24) is 9.97 Å². The van der Waals surface area contributed by atoms with Gasteiger partial charge in [-0.15, -0.1) is 0 Å². The Morgan fingerprint density at radius 1 is 1.21 bits per heavy atom. The molecule has 0 spiro atoms. The highest BCUT2D eigenvalue weighted by Gasteiger charge is 2.23. The minimum atomic E-state index is -0.570. The molecule has 1 aliphatic rings. The van der Waals surface area contributed by atoms with Crippen molar-refractivity contribution in [3.05, 3.63) is 42.9 Å². The summed E-state index contributed by atoms with van der Waals surface area (Å²) in [5.41, 5.74) is 1.06. The predicted octanol–water partition coefficient (Wildman–Crippen LogP) is 2.71. The van der Waals surface area contributed by atoms with E-state index in [-0.39, 0.29) is 12.5 Å². The molecule has 0 radical (unpaired) electrons.